The van der Waals surface area contributed by atoms with Gasteiger partial charge in [-0.25, -0.2) is 0 Å². The smallest absolute Gasteiger partial charge is 0.248 e. The molecule has 9 heteroatoms. The maximum absolute atomic E-state index is 15.0. The number of benzene rings is 2. The van der Waals surface area contributed by atoms with Gasteiger partial charge in [-0.3, -0.25) is 14.4 Å². The predicted molar refractivity (Wildman–Crippen MR) is 182 cm³/mol. The van der Waals surface area contributed by atoms with E-state index in [0.29, 0.717) is 56.0 Å². The number of hydrogen-bond acceptors (Lipinski definition) is 6. The average molecular weight is 644 g/mol. The highest BCUT2D eigenvalue weighted by Crippen LogP contribution is 2.65. The molecule has 2 aromatic rings. The molecule has 3 heterocycles. The van der Waals surface area contributed by atoms with E-state index in [1.165, 1.54) is 0 Å². The molecule has 3 amide bonds. The summed E-state index contributed by atoms with van der Waals surface area (Å²) in [5.41, 5.74) is -0.769. The summed E-state index contributed by atoms with van der Waals surface area (Å²) < 4.78 is 12.7. The van der Waals surface area contributed by atoms with Crippen LogP contribution in [-0.4, -0.2) is 82.7 Å². The first kappa shape index (κ1) is 34.4. The van der Waals surface area contributed by atoms with Crippen molar-refractivity contribution in [3.05, 3.63) is 85.5 Å². The molecular weight excluding hydrogens is 594 g/mol. The number of aliphatic hydroxyl groups excluding tert-OH is 1. The van der Waals surface area contributed by atoms with Gasteiger partial charge in [0.25, 0.3) is 0 Å². The highest BCUT2D eigenvalue weighted by Gasteiger charge is 2.79. The van der Waals surface area contributed by atoms with Crippen molar-refractivity contribution in [1.82, 2.24) is 9.80 Å². The summed E-state index contributed by atoms with van der Waals surface area (Å²) >= 11 is 0. The fourth-order valence-electron chi connectivity index (χ4n) is 8.15. The number of carbonyl (C=O) groups excluding carboxylic acids is 3. The summed E-state index contributed by atoms with van der Waals surface area (Å²) in [6, 6.07) is 14.8. The van der Waals surface area contributed by atoms with Crippen LogP contribution in [0.3, 0.4) is 0 Å². The van der Waals surface area contributed by atoms with E-state index in [0.717, 1.165) is 12.8 Å². The second kappa shape index (κ2) is 14.4. The molecule has 1 N–H and O–H groups in total. The molecule has 2 unspecified atom stereocenters. The summed E-state index contributed by atoms with van der Waals surface area (Å²) in [4.78, 5) is 49.6. The number of fused-ring (bicyclic) bond motifs is 1. The Morgan fingerprint density at radius 1 is 1.04 bits per heavy atom. The first-order valence-electron chi connectivity index (χ1n) is 17.0. The normalized spacial score (nSPS) is 26.5. The van der Waals surface area contributed by atoms with Crippen LogP contribution in [-0.2, 0) is 19.1 Å². The molecule has 3 fully saturated rings. The van der Waals surface area contributed by atoms with Crippen molar-refractivity contribution >= 4 is 23.4 Å². The minimum Gasteiger partial charge on any atom is -0.494 e. The second-order valence-electron chi connectivity index (χ2n) is 12.8. The molecule has 3 saturated heterocycles. The Labute approximate surface area is 278 Å². The van der Waals surface area contributed by atoms with E-state index in [4.69, 9.17) is 9.47 Å². The molecular formula is C38H49N3O6. The molecule has 47 heavy (non-hydrogen) atoms. The van der Waals surface area contributed by atoms with Gasteiger partial charge in [0.15, 0.2) is 0 Å². The Morgan fingerprint density at radius 2 is 1.74 bits per heavy atom. The van der Waals surface area contributed by atoms with E-state index >= 15 is 0 Å². The lowest BCUT2D eigenvalue weighted by atomic mass is 9.64. The van der Waals surface area contributed by atoms with Gasteiger partial charge in [-0.05, 0) is 62.4 Å². The molecule has 3 aliphatic rings. The third-order valence-corrected chi connectivity index (χ3v) is 10.3. The van der Waals surface area contributed by atoms with Gasteiger partial charge in [0.2, 0.25) is 17.7 Å². The maximum Gasteiger partial charge on any atom is 0.248 e. The molecule has 0 aromatic heterocycles. The standard InChI is InChI=1S/C38H49N3O6/c1-6-11-25-39(23-7-2)36(45)33-38-22-21-37(9-4,47-38)31(32(38)35(44)41(33)30(26-42)27-15-13-12-14-16-27)34(43)40(24-8-3)28-17-19-29(20-18-28)46-10-5/h7-8,12-20,30-33,42H,2-3,6,9-11,21-26H2,1,4-5H3/t30-,31+,32+,33?,37-,38?/m1/s1. The van der Waals surface area contributed by atoms with Crippen LogP contribution in [0.25, 0.3) is 0 Å². The quantitative estimate of drug-likeness (QED) is 0.249. The monoisotopic (exact) mass is 643 g/mol. The number of aliphatic hydroxyl groups is 1. The minimum absolute atomic E-state index is 0.233. The molecule has 6 atom stereocenters. The van der Waals surface area contributed by atoms with Crippen LogP contribution >= 0.6 is 0 Å². The molecule has 2 bridgehead atoms. The largest absolute Gasteiger partial charge is 0.494 e. The van der Waals surface area contributed by atoms with Crippen LogP contribution in [0, 0.1) is 11.8 Å². The highest BCUT2D eigenvalue weighted by atomic mass is 16.5. The first-order valence-corrected chi connectivity index (χ1v) is 17.0. The summed E-state index contributed by atoms with van der Waals surface area (Å²) in [7, 11) is 0. The summed E-state index contributed by atoms with van der Waals surface area (Å²) in [6.07, 6.45) is 6.56. The molecule has 5 rings (SSSR count). The molecule has 0 aliphatic carbocycles. The maximum atomic E-state index is 15.0. The minimum atomic E-state index is -1.23. The third kappa shape index (κ3) is 5.89. The Balaban J connectivity index is 1.63. The van der Waals surface area contributed by atoms with Gasteiger partial charge < -0.3 is 29.3 Å². The van der Waals surface area contributed by atoms with E-state index in [-0.39, 0.29) is 30.9 Å². The van der Waals surface area contributed by atoms with Crippen molar-refractivity contribution < 1.29 is 29.0 Å². The van der Waals surface area contributed by atoms with Crippen molar-refractivity contribution in [1.29, 1.82) is 0 Å². The SMILES string of the molecule is C=CCN(CCCC)C(=O)C1N([C@H](CO)c2ccccc2)C(=O)[C@@H]2[C@@H](C(=O)N(CC=C)c3ccc(OCC)cc3)[C@@]3(CC)CCC12O3. The Morgan fingerprint density at radius 3 is 2.34 bits per heavy atom. The lowest BCUT2D eigenvalue weighted by molar-refractivity contribution is -0.156. The number of nitrogens with zero attached hydrogens (tertiary/aromatic N) is 3. The number of ether oxygens (including phenoxy) is 2. The van der Waals surface area contributed by atoms with Crippen molar-refractivity contribution in [3.8, 4) is 5.75 Å². The Kier molecular flexibility index (Phi) is 10.6. The summed E-state index contributed by atoms with van der Waals surface area (Å²) in [6.45, 7) is 15.0. The predicted octanol–water partition coefficient (Wildman–Crippen LogP) is 5.31. The van der Waals surface area contributed by atoms with Gasteiger partial charge in [-0.1, -0.05) is 62.8 Å². The average Bonchev–Trinajstić information content (AvgIpc) is 3.70. The van der Waals surface area contributed by atoms with Gasteiger partial charge >= 0.3 is 0 Å². The topological polar surface area (TPSA) is 99.6 Å². The molecule has 252 valence electrons. The molecule has 2 aromatic carbocycles. The molecule has 9 nitrogen and oxygen atoms in total. The number of anilines is 1. The molecule has 3 aliphatic heterocycles. The number of amides is 3. The van der Waals surface area contributed by atoms with Crippen molar-refractivity contribution in [2.45, 2.75) is 76.2 Å². The van der Waals surface area contributed by atoms with E-state index < -0.39 is 35.1 Å². The van der Waals surface area contributed by atoms with Crippen LogP contribution < -0.4 is 9.64 Å². The van der Waals surface area contributed by atoms with Gasteiger partial charge in [-0.15, -0.1) is 13.2 Å². The molecule has 0 saturated carbocycles. The Bertz CT molecular complexity index is 1450. The van der Waals surface area contributed by atoms with E-state index in [1.54, 1.807) is 26.9 Å². The summed E-state index contributed by atoms with van der Waals surface area (Å²) in [5, 5.41) is 10.8. The fraction of sp³-hybridized carbons (Fsp3) is 0.500. The first-order chi connectivity index (χ1) is 22.8. The zero-order valence-electron chi connectivity index (χ0n) is 28.0. The van der Waals surface area contributed by atoms with Gasteiger partial charge in [0.05, 0.1) is 36.7 Å². The van der Waals surface area contributed by atoms with E-state index in [9.17, 15) is 19.5 Å². The fourth-order valence-corrected chi connectivity index (χ4v) is 8.15. The lowest BCUT2D eigenvalue weighted by Crippen LogP contribution is -2.57. The van der Waals surface area contributed by atoms with Crippen LogP contribution in [0.1, 0.15) is 64.5 Å². The highest BCUT2D eigenvalue weighted by molar-refractivity contribution is 6.03. The zero-order valence-corrected chi connectivity index (χ0v) is 28.0. The zero-order chi connectivity index (χ0) is 33.8. The molecule has 0 radical (unpaired) electrons. The summed E-state index contributed by atoms with van der Waals surface area (Å²) in [5.74, 6) is -1.85. The Hall–Kier alpha value is -3.95. The van der Waals surface area contributed by atoms with E-state index in [1.807, 2.05) is 68.4 Å². The number of carbonyl (C=O) groups is 3. The van der Waals surface area contributed by atoms with Crippen LogP contribution in [0.15, 0.2) is 79.9 Å². The number of rotatable bonds is 16. The number of hydrogen-bond donors (Lipinski definition) is 1. The van der Waals surface area contributed by atoms with Crippen LogP contribution in [0.5, 0.6) is 5.75 Å². The van der Waals surface area contributed by atoms with E-state index in [2.05, 4.69) is 20.1 Å². The van der Waals surface area contributed by atoms with Gasteiger partial charge in [0.1, 0.15) is 17.4 Å². The van der Waals surface area contributed by atoms with Gasteiger partial charge in [0, 0.05) is 25.3 Å². The second-order valence-corrected chi connectivity index (χ2v) is 12.8. The van der Waals surface area contributed by atoms with Crippen molar-refractivity contribution in [2.75, 3.05) is 37.7 Å². The van der Waals surface area contributed by atoms with Crippen molar-refractivity contribution in [3.63, 3.8) is 0 Å². The molecule has 1 spiro atoms. The third-order valence-electron chi connectivity index (χ3n) is 10.3. The number of unbranched alkanes of at least 4 members (excludes halogenated alkanes) is 1. The van der Waals surface area contributed by atoms with Gasteiger partial charge in [-0.2, -0.15) is 0 Å². The lowest BCUT2D eigenvalue weighted by Gasteiger charge is -2.39. The van der Waals surface area contributed by atoms with Crippen molar-refractivity contribution in [2.24, 2.45) is 11.8 Å². The van der Waals surface area contributed by atoms with Crippen LogP contribution in [0.4, 0.5) is 5.69 Å². The number of likely N-dealkylation sites (tertiary alicyclic amines) is 1. The van der Waals surface area contributed by atoms with Crippen LogP contribution in [0.2, 0.25) is 0 Å².